The molecule has 3 rings (SSSR count). The molecule has 3 heterocycles. The zero-order chi connectivity index (χ0) is 29.0. The fourth-order valence-corrected chi connectivity index (χ4v) is 3.01. The van der Waals surface area contributed by atoms with Gasteiger partial charge in [0.2, 0.25) is 0 Å². The number of hydrogen-bond acceptors (Lipinski definition) is 12. The summed E-state index contributed by atoms with van der Waals surface area (Å²) in [5.41, 5.74) is 0. The number of rotatable bonds is 0. The van der Waals surface area contributed by atoms with Crippen LogP contribution in [0.4, 0.5) is 0 Å². The number of fused-ring (bicyclic) bond motifs is 21. The smallest absolute Gasteiger partial charge is 0.753 e. The number of thiocarbonyl (C=S) groups is 2. The van der Waals surface area contributed by atoms with Crippen LogP contribution in [0.5, 0.6) is 0 Å². The van der Waals surface area contributed by atoms with E-state index in [0.717, 1.165) is 78.9 Å². The molecule has 2 bridgehead atoms. The van der Waals surface area contributed by atoms with Gasteiger partial charge in [-0.2, -0.15) is 10.3 Å². The van der Waals surface area contributed by atoms with Gasteiger partial charge >= 0.3 is 19.5 Å². The molecular formula is C22H38N6O6S4Zn. The predicted molar refractivity (Wildman–Crippen MR) is 154 cm³/mol. The number of ether oxygens (including phenoxy) is 6. The number of nitrogens with one attached hydrogen (secondary N) is 2. The Bertz CT molecular complexity index is 550. The van der Waals surface area contributed by atoms with Crippen LogP contribution in [0, 0.1) is 21.3 Å². The first kappa shape index (κ1) is 45.3. The second-order valence-electron chi connectivity index (χ2n) is 7.04. The first-order chi connectivity index (χ1) is 18.6. The molecule has 0 aromatic rings. The number of hydrogen-bond donors (Lipinski definition) is 2. The summed E-state index contributed by atoms with van der Waals surface area (Å²) in [6.07, 6.45) is 0. The van der Waals surface area contributed by atoms with Crippen LogP contribution in [0.2, 0.25) is 0 Å². The summed E-state index contributed by atoms with van der Waals surface area (Å²) in [5, 5.41) is 33.9. The topological polar surface area (TPSA) is 156 Å². The summed E-state index contributed by atoms with van der Waals surface area (Å²) in [4.78, 5) is 2.88. The number of nitrogens with zero attached hydrogens (tertiary/aromatic N) is 4. The van der Waals surface area contributed by atoms with Gasteiger partial charge in [0.1, 0.15) is 39.3 Å². The van der Waals surface area contributed by atoms with E-state index in [0.29, 0.717) is 39.6 Å². The van der Waals surface area contributed by atoms with Crippen molar-refractivity contribution < 1.29 is 57.7 Å². The van der Waals surface area contributed by atoms with Gasteiger partial charge in [-0.15, -0.1) is 0 Å². The van der Waals surface area contributed by atoms with Gasteiger partial charge in [-0.1, -0.05) is 35.2 Å². The van der Waals surface area contributed by atoms with Crippen molar-refractivity contribution in [1.29, 1.82) is 10.5 Å². The van der Waals surface area contributed by atoms with E-state index in [1.54, 1.807) is 0 Å². The van der Waals surface area contributed by atoms with E-state index in [1.165, 1.54) is 30.9 Å². The Morgan fingerprint density at radius 3 is 0.744 bits per heavy atom. The van der Waals surface area contributed by atoms with Gasteiger partial charge in [0.25, 0.3) is 0 Å². The monoisotopic (exact) mass is 674 g/mol. The van der Waals surface area contributed by atoms with Crippen molar-refractivity contribution in [2.24, 2.45) is 0 Å². The first-order valence-electron chi connectivity index (χ1n) is 11.8. The van der Waals surface area contributed by atoms with Crippen molar-refractivity contribution in [2.45, 2.75) is 0 Å². The Labute approximate surface area is 267 Å². The zero-order valence-corrected chi connectivity index (χ0v) is 28.5. The van der Waals surface area contributed by atoms with Crippen molar-refractivity contribution in [1.82, 2.24) is 0 Å². The minimum absolute atomic E-state index is 0. The Hall–Kier alpha value is -0.677. The molecule has 0 atom stereocenters. The van der Waals surface area contributed by atoms with Gasteiger partial charge in [0.15, 0.2) is 0 Å². The molecule has 0 radical (unpaired) electrons. The molecule has 0 unspecified atom stereocenters. The predicted octanol–water partition coefficient (Wildman–Crippen LogP) is -1.77. The molecule has 0 amide bonds. The van der Waals surface area contributed by atoms with Gasteiger partial charge in [0, 0.05) is 0 Å². The van der Waals surface area contributed by atoms with Gasteiger partial charge in [-0.05, 0) is 0 Å². The van der Waals surface area contributed by atoms with E-state index in [4.69, 9.17) is 49.8 Å². The molecule has 17 heteroatoms. The Balaban J connectivity index is -0.000000402. The molecule has 2 N–H and O–H groups in total. The van der Waals surface area contributed by atoms with E-state index >= 15 is 0 Å². The minimum atomic E-state index is 0. The van der Waals surface area contributed by atoms with Crippen LogP contribution in [0.15, 0.2) is 0 Å². The SMILES string of the molecule is C1COCC[NH+]2CCOCCOCC[NH+](CCO1)CCOCCOCC2.N#C[S-].N#C[S-].[N-]=C=S.[N-]=C=S.[Zn+2]. The van der Waals surface area contributed by atoms with Crippen molar-refractivity contribution in [3.8, 4) is 10.8 Å². The van der Waals surface area contributed by atoms with Gasteiger partial charge in [0.05, 0.1) is 79.3 Å². The standard InChI is InChI=1S/C18H36N2O6.2CHNS.2CNS.Zn/c1-7-21-13-14-24-10-4-20-5-11-25-17-15-22-8-2-19(1)3-9-23-16-18-26-12-6-20;4*2-1-3;/h1-18H2;2*3H;;;/q;;;2*-1;+2. The first-order valence-corrected chi connectivity index (χ1v) is 13.4. The van der Waals surface area contributed by atoms with Crippen molar-refractivity contribution in [3.05, 3.63) is 10.8 Å². The van der Waals surface area contributed by atoms with E-state index < -0.39 is 0 Å². The van der Waals surface area contributed by atoms with Crippen molar-refractivity contribution in [3.63, 3.8) is 0 Å². The average Bonchev–Trinajstić information content (AvgIpc) is 2.88. The number of nitriles is 2. The zero-order valence-electron chi connectivity index (χ0n) is 22.3. The van der Waals surface area contributed by atoms with Crippen LogP contribution >= 0.6 is 24.4 Å². The molecule has 0 aromatic carbocycles. The Kier molecular flexibility index (Phi) is 51.5. The van der Waals surface area contributed by atoms with Crippen LogP contribution in [0.3, 0.4) is 0 Å². The second-order valence-corrected chi connectivity index (χ2v) is 7.77. The largest absolute Gasteiger partial charge is 2.00 e. The minimum Gasteiger partial charge on any atom is -0.753 e. The summed E-state index contributed by atoms with van der Waals surface area (Å²) in [6, 6.07) is 0. The molecule has 0 aliphatic carbocycles. The van der Waals surface area contributed by atoms with E-state index in [9.17, 15) is 0 Å². The molecular weight excluding hydrogens is 638 g/mol. The molecule has 12 nitrogen and oxygen atoms in total. The summed E-state index contributed by atoms with van der Waals surface area (Å²) in [6.45, 7) is 14.1. The normalized spacial score (nSPS) is 21.1. The molecule has 3 saturated heterocycles. The van der Waals surface area contributed by atoms with Crippen LogP contribution in [-0.2, 0) is 73.2 Å². The molecule has 0 spiro atoms. The van der Waals surface area contributed by atoms with Crippen LogP contribution in [0.1, 0.15) is 0 Å². The van der Waals surface area contributed by atoms with E-state index in [2.05, 4.69) is 49.7 Å². The maximum Gasteiger partial charge on any atom is 2.00 e. The fraction of sp³-hybridized carbons (Fsp3) is 0.818. The van der Waals surface area contributed by atoms with Crippen LogP contribution in [-0.4, -0.2) is 129 Å². The Morgan fingerprint density at radius 2 is 0.615 bits per heavy atom. The van der Waals surface area contributed by atoms with Crippen molar-refractivity contribution >= 4 is 60.0 Å². The molecule has 3 aliphatic heterocycles. The van der Waals surface area contributed by atoms with E-state index in [-0.39, 0.29) is 19.5 Å². The molecule has 39 heavy (non-hydrogen) atoms. The molecule has 3 fully saturated rings. The molecule has 3 aliphatic rings. The van der Waals surface area contributed by atoms with E-state index in [1.807, 2.05) is 0 Å². The average molecular weight is 676 g/mol. The summed E-state index contributed by atoms with van der Waals surface area (Å²) < 4.78 is 34.4. The third kappa shape index (κ3) is 44.6. The number of thiocyanates is 2. The fourth-order valence-electron chi connectivity index (χ4n) is 3.01. The molecule has 0 saturated carbocycles. The quantitative estimate of drug-likeness (QED) is 0.0981. The van der Waals surface area contributed by atoms with Crippen LogP contribution in [0.25, 0.3) is 10.8 Å². The third-order valence-electron chi connectivity index (χ3n) is 4.72. The van der Waals surface area contributed by atoms with Crippen molar-refractivity contribution in [2.75, 3.05) is 119 Å². The molecule has 218 valence electrons. The summed E-state index contributed by atoms with van der Waals surface area (Å²) in [7, 11) is 0. The maximum absolute atomic E-state index is 7.13. The second kappa shape index (κ2) is 44.3. The van der Waals surface area contributed by atoms with Gasteiger partial charge < -0.3 is 74.3 Å². The number of isothiocyanates is 2. The van der Waals surface area contributed by atoms with Crippen LogP contribution < -0.4 is 9.80 Å². The third-order valence-corrected chi connectivity index (χ3v) is 4.72. The maximum atomic E-state index is 7.13. The Morgan fingerprint density at radius 1 is 0.487 bits per heavy atom. The number of quaternary nitrogens is 2. The summed E-state index contributed by atoms with van der Waals surface area (Å²) >= 11 is 14.8. The van der Waals surface area contributed by atoms with Gasteiger partial charge in [-0.3, -0.25) is 0 Å². The summed E-state index contributed by atoms with van der Waals surface area (Å²) in [5.74, 6) is 0. The van der Waals surface area contributed by atoms with Gasteiger partial charge in [-0.25, -0.2) is 10.5 Å². The molecule has 0 aromatic heterocycles.